The molecule has 0 spiro atoms. The largest absolute Gasteiger partial charge is 0.364 e. The third kappa shape index (κ3) is 3.00. The number of primary amides is 1. The number of hydrogen-bond donors (Lipinski definition) is 2. The quantitative estimate of drug-likeness (QED) is 0.751. The summed E-state index contributed by atoms with van der Waals surface area (Å²) in [7, 11) is 0. The Balaban J connectivity index is 1.44. The van der Waals surface area contributed by atoms with Crippen LogP contribution in [0.15, 0.2) is 30.3 Å². The molecule has 0 saturated carbocycles. The minimum atomic E-state index is -0.536. The van der Waals surface area contributed by atoms with Crippen molar-refractivity contribution in [3.63, 3.8) is 0 Å². The van der Waals surface area contributed by atoms with E-state index in [0.717, 1.165) is 28.8 Å². The molecule has 4 rings (SSSR count). The zero-order valence-corrected chi connectivity index (χ0v) is 14.3. The van der Waals surface area contributed by atoms with Gasteiger partial charge in [0.25, 0.3) is 11.8 Å². The first kappa shape index (κ1) is 15.8. The van der Waals surface area contributed by atoms with E-state index in [1.807, 2.05) is 29.2 Å². The third-order valence-corrected chi connectivity index (χ3v) is 5.57. The minimum absolute atomic E-state index is 0.0120. The molecular weight excluding hydrogens is 338 g/mol. The van der Waals surface area contributed by atoms with E-state index < -0.39 is 5.91 Å². The summed E-state index contributed by atoms with van der Waals surface area (Å²) in [5, 5.41) is 7.35. The highest BCUT2D eigenvalue weighted by atomic mass is 32.1. The van der Waals surface area contributed by atoms with Gasteiger partial charge in [0, 0.05) is 24.7 Å². The lowest BCUT2D eigenvalue weighted by atomic mass is 9.93. The van der Waals surface area contributed by atoms with Crippen molar-refractivity contribution in [3.05, 3.63) is 46.7 Å². The first-order valence-corrected chi connectivity index (χ1v) is 8.93. The summed E-state index contributed by atoms with van der Waals surface area (Å²) >= 11 is 1.43. The number of amides is 2. The smallest absolute Gasteiger partial charge is 0.282 e. The van der Waals surface area contributed by atoms with Crippen molar-refractivity contribution in [3.8, 4) is 0 Å². The standard InChI is InChI=1S/C17H17N5O2S/c18-15(23)13-9-12(20-21-13)10-5-7-22(8-6-10)17(24)16-19-11-3-1-2-4-14(11)25-16/h1-4,9-10H,5-8H2,(H2,18,23)(H,20,21). The number of rotatable bonds is 3. The normalized spacial score (nSPS) is 15.6. The van der Waals surface area contributed by atoms with Crippen molar-refractivity contribution < 1.29 is 9.59 Å². The first-order chi connectivity index (χ1) is 12.1. The second kappa shape index (κ2) is 6.29. The van der Waals surface area contributed by atoms with Gasteiger partial charge in [-0.15, -0.1) is 11.3 Å². The molecule has 0 atom stereocenters. The summed E-state index contributed by atoms with van der Waals surface area (Å²) in [6, 6.07) is 9.48. The van der Waals surface area contributed by atoms with Gasteiger partial charge in [0.15, 0.2) is 5.01 Å². The Morgan fingerprint density at radius 1 is 1.24 bits per heavy atom. The molecule has 3 heterocycles. The van der Waals surface area contributed by atoms with Crippen LogP contribution in [0.2, 0.25) is 0 Å². The fourth-order valence-electron chi connectivity index (χ4n) is 3.16. The van der Waals surface area contributed by atoms with Crippen LogP contribution in [-0.4, -0.2) is 45.0 Å². The highest BCUT2D eigenvalue weighted by molar-refractivity contribution is 7.20. The van der Waals surface area contributed by atoms with E-state index in [9.17, 15) is 9.59 Å². The molecule has 0 bridgehead atoms. The molecule has 0 radical (unpaired) electrons. The van der Waals surface area contributed by atoms with Gasteiger partial charge in [-0.25, -0.2) is 4.98 Å². The van der Waals surface area contributed by atoms with Crippen LogP contribution in [0.1, 0.15) is 44.7 Å². The number of nitrogens with zero attached hydrogens (tertiary/aromatic N) is 3. The van der Waals surface area contributed by atoms with E-state index >= 15 is 0 Å². The molecule has 7 nitrogen and oxygen atoms in total. The van der Waals surface area contributed by atoms with Gasteiger partial charge in [-0.3, -0.25) is 14.7 Å². The lowest BCUT2D eigenvalue weighted by molar-refractivity contribution is 0.0712. The van der Waals surface area contributed by atoms with E-state index in [0.29, 0.717) is 18.1 Å². The second-order valence-electron chi connectivity index (χ2n) is 6.13. The molecule has 1 aliphatic heterocycles. The monoisotopic (exact) mass is 355 g/mol. The summed E-state index contributed by atoms with van der Waals surface area (Å²) in [6.45, 7) is 1.31. The molecule has 2 aromatic heterocycles. The third-order valence-electron chi connectivity index (χ3n) is 4.55. The Morgan fingerprint density at radius 2 is 2.00 bits per heavy atom. The number of aromatic amines is 1. The Bertz CT molecular complexity index is 906. The molecule has 3 aromatic rings. The predicted molar refractivity (Wildman–Crippen MR) is 94.6 cm³/mol. The van der Waals surface area contributed by atoms with Crippen molar-refractivity contribution in [2.24, 2.45) is 5.73 Å². The van der Waals surface area contributed by atoms with E-state index in [-0.39, 0.29) is 17.5 Å². The first-order valence-electron chi connectivity index (χ1n) is 8.12. The van der Waals surface area contributed by atoms with E-state index in [1.54, 1.807) is 6.07 Å². The Kier molecular flexibility index (Phi) is 3.96. The van der Waals surface area contributed by atoms with Crippen LogP contribution in [0.3, 0.4) is 0 Å². The van der Waals surface area contributed by atoms with Crippen LogP contribution in [0.25, 0.3) is 10.2 Å². The van der Waals surface area contributed by atoms with Crippen LogP contribution in [0.4, 0.5) is 0 Å². The maximum absolute atomic E-state index is 12.7. The van der Waals surface area contributed by atoms with Crippen molar-refractivity contribution in [1.82, 2.24) is 20.1 Å². The summed E-state index contributed by atoms with van der Waals surface area (Å²) in [4.78, 5) is 30.1. The van der Waals surface area contributed by atoms with Crippen LogP contribution in [0.5, 0.6) is 0 Å². The van der Waals surface area contributed by atoms with Crippen molar-refractivity contribution in [2.45, 2.75) is 18.8 Å². The molecule has 1 aromatic carbocycles. The van der Waals surface area contributed by atoms with Gasteiger partial charge in [-0.2, -0.15) is 5.10 Å². The van der Waals surface area contributed by atoms with Crippen LogP contribution < -0.4 is 5.73 Å². The number of aromatic nitrogens is 3. The molecule has 1 fully saturated rings. The van der Waals surface area contributed by atoms with E-state index in [2.05, 4.69) is 15.2 Å². The van der Waals surface area contributed by atoms with Crippen LogP contribution >= 0.6 is 11.3 Å². The lowest BCUT2D eigenvalue weighted by Crippen LogP contribution is -2.37. The maximum Gasteiger partial charge on any atom is 0.282 e. The zero-order valence-electron chi connectivity index (χ0n) is 13.4. The molecule has 0 aliphatic carbocycles. The molecule has 1 aliphatic rings. The van der Waals surface area contributed by atoms with Crippen molar-refractivity contribution in [1.29, 1.82) is 0 Å². The fraction of sp³-hybridized carbons (Fsp3) is 0.294. The minimum Gasteiger partial charge on any atom is -0.364 e. The number of H-pyrrole nitrogens is 1. The van der Waals surface area contributed by atoms with Gasteiger partial charge in [0.1, 0.15) is 5.69 Å². The van der Waals surface area contributed by atoms with E-state index in [4.69, 9.17) is 5.73 Å². The molecule has 8 heteroatoms. The number of thiazole rings is 1. The summed E-state index contributed by atoms with van der Waals surface area (Å²) in [6.07, 6.45) is 1.63. The highest BCUT2D eigenvalue weighted by Crippen LogP contribution is 2.29. The van der Waals surface area contributed by atoms with Gasteiger partial charge in [0.05, 0.1) is 10.2 Å². The highest BCUT2D eigenvalue weighted by Gasteiger charge is 2.27. The van der Waals surface area contributed by atoms with E-state index in [1.165, 1.54) is 11.3 Å². The van der Waals surface area contributed by atoms with Crippen molar-refractivity contribution in [2.75, 3.05) is 13.1 Å². The Hall–Kier alpha value is -2.74. The number of carbonyl (C=O) groups is 2. The number of benzene rings is 1. The molecule has 1 saturated heterocycles. The van der Waals surface area contributed by atoms with Gasteiger partial charge in [-0.05, 0) is 31.0 Å². The molecule has 25 heavy (non-hydrogen) atoms. The number of para-hydroxylation sites is 1. The summed E-state index contributed by atoms with van der Waals surface area (Å²) < 4.78 is 1.03. The van der Waals surface area contributed by atoms with Gasteiger partial charge < -0.3 is 10.6 Å². The Labute approximate surface area is 147 Å². The molecule has 0 unspecified atom stereocenters. The zero-order chi connectivity index (χ0) is 17.4. The molecule has 128 valence electrons. The molecular formula is C17H17N5O2S. The van der Waals surface area contributed by atoms with Crippen LogP contribution in [0, 0.1) is 0 Å². The van der Waals surface area contributed by atoms with Gasteiger partial charge >= 0.3 is 0 Å². The summed E-state index contributed by atoms with van der Waals surface area (Å²) in [5.74, 6) is -0.298. The number of fused-ring (bicyclic) bond motifs is 1. The van der Waals surface area contributed by atoms with Gasteiger partial charge in [-0.1, -0.05) is 12.1 Å². The second-order valence-corrected chi connectivity index (χ2v) is 7.16. The fourth-order valence-corrected chi connectivity index (χ4v) is 4.10. The topological polar surface area (TPSA) is 105 Å². The molecule has 2 amide bonds. The van der Waals surface area contributed by atoms with Gasteiger partial charge in [0.2, 0.25) is 0 Å². The number of nitrogens with two attached hydrogens (primary N) is 1. The number of piperidine rings is 1. The SMILES string of the molecule is NC(=O)c1cc(C2CCN(C(=O)c3nc4ccccc4s3)CC2)[nH]n1. The number of hydrogen-bond acceptors (Lipinski definition) is 5. The Morgan fingerprint density at radius 3 is 2.68 bits per heavy atom. The number of likely N-dealkylation sites (tertiary alicyclic amines) is 1. The predicted octanol–water partition coefficient (Wildman–Crippen LogP) is 2.14. The summed E-state index contributed by atoms with van der Waals surface area (Å²) in [5.41, 5.74) is 7.25. The number of nitrogens with one attached hydrogen (secondary N) is 1. The molecule has 3 N–H and O–H groups in total. The number of carbonyl (C=O) groups excluding carboxylic acids is 2. The maximum atomic E-state index is 12.7. The average molecular weight is 355 g/mol. The van der Waals surface area contributed by atoms with Crippen molar-refractivity contribution >= 4 is 33.4 Å². The lowest BCUT2D eigenvalue weighted by Gasteiger charge is -2.30. The average Bonchev–Trinajstić information content (AvgIpc) is 3.28. The van der Waals surface area contributed by atoms with Crippen LogP contribution in [-0.2, 0) is 0 Å².